The lowest BCUT2D eigenvalue weighted by atomic mass is 9.72. The number of hydrogen-bond acceptors (Lipinski definition) is 8. The van der Waals surface area contributed by atoms with Gasteiger partial charge in [-0.25, -0.2) is 0 Å². The van der Waals surface area contributed by atoms with E-state index in [1.807, 2.05) is 27.7 Å². The van der Waals surface area contributed by atoms with Crippen molar-refractivity contribution in [2.24, 2.45) is 17.8 Å². The number of piperidine rings is 1. The molecule has 1 aromatic carbocycles. The van der Waals surface area contributed by atoms with Crippen molar-refractivity contribution in [3.05, 3.63) is 35.5 Å². The normalized spacial score (nSPS) is 33.5. The van der Waals surface area contributed by atoms with Gasteiger partial charge in [0.1, 0.15) is 12.1 Å². The van der Waals surface area contributed by atoms with Crippen molar-refractivity contribution in [2.75, 3.05) is 26.4 Å². The summed E-state index contributed by atoms with van der Waals surface area (Å²) in [5.74, 6) is -3.48. The van der Waals surface area contributed by atoms with E-state index in [0.717, 1.165) is 18.4 Å². The van der Waals surface area contributed by atoms with E-state index in [1.54, 1.807) is 4.90 Å². The Morgan fingerprint density at radius 1 is 1.21 bits per heavy atom. The highest BCUT2D eigenvalue weighted by Gasteiger charge is 2.72. The number of carbonyl (C=O) groups is 3. The lowest BCUT2D eigenvalue weighted by molar-refractivity contribution is -0.322. The van der Waals surface area contributed by atoms with E-state index >= 15 is 0 Å². The van der Waals surface area contributed by atoms with Gasteiger partial charge in [0.05, 0.1) is 12.2 Å². The summed E-state index contributed by atoms with van der Waals surface area (Å²) in [5.41, 5.74) is 1.93. The zero-order valence-corrected chi connectivity index (χ0v) is 28.7. The van der Waals surface area contributed by atoms with Crippen LogP contribution in [-0.2, 0) is 35.7 Å². The Balaban J connectivity index is 0.000000720. The Labute approximate surface area is 275 Å². The van der Waals surface area contributed by atoms with Gasteiger partial charge in [-0.2, -0.15) is 8.42 Å². The number of rotatable bonds is 5. The summed E-state index contributed by atoms with van der Waals surface area (Å²) in [6, 6.07) is 5.13. The molecule has 1 aromatic heterocycles. The number of carbonyl (C=O) groups excluding carboxylic acids is 3. The van der Waals surface area contributed by atoms with Crippen LogP contribution in [0.3, 0.4) is 0 Å². The zero-order valence-electron chi connectivity index (χ0n) is 27.9. The summed E-state index contributed by atoms with van der Waals surface area (Å²) in [5, 5.41) is 16.4. The van der Waals surface area contributed by atoms with E-state index < -0.39 is 45.7 Å². The molecule has 47 heavy (non-hydrogen) atoms. The highest BCUT2D eigenvalue weighted by molar-refractivity contribution is 7.85. The average molecular weight is 674 g/mol. The molecule has 1 aliphatic carbocycles. The van der Waals surface area contributed by atoms with Gasteiger partial charge in [0, 0.05) is 48.1 Å². The molecule has 7 rings (SSSR count). The number of benzene rings is 1. The number of piperazine rings is 1. The van der Waals surface area contributed by atoms with Gasteiger partial charge >= 0.3 is 0 Å². The van der Waals surface area contributed by atoms with Crippen molar-refractivity contribution >= 4 is 38.7 Å². The van der Waals surface area contributed by atoms with Crippen molar-refractivity contribution in [3.8, 4) is 0 Å². The molecule has 3 amide bonds. The summed E-state index contributed by atoms with van der Waals surface area (Å²) in [6.07, 6.45) is 6.07. The first-order chi connectivity index (χ1) is 22.0. The Morgan fingerprint density at radius 3 is 2.57 bits per heavy atom. The van der Waals surface area contributed by atoms with E-state index in [4.69, 9.17) is 9.29 Å². The molecular formula is C33H47N5O8S. The fraction of sp³-hybridized carbons (Fsp3) is 0.667. The van der Waals surface area contributed by atoms with Gasteiger partial charge in [-0.05, 0) is 62.3 Å². The van der Waals surface area contributed by atoms with Crippen LogP contribution in [0, 0.1) is 17.8 Å². The SMILES string of the molecule is CC(C)C[C@H]1C(=O)N2CCC[C@H]2[C@]2(O)O[C@](NC(=O)[C@@H]3C[C@@H]4c5cccc6[nH]cc(c56)C[C@H]4N(C)C3)(C(C)C)C(=O)N12.CS(=O)(=O)O. The first-order valence-electron chi connectivity index (χ1n) is 16.6. The Bertz CT molecular complexity index is 1680. The smallest absolute Gasteiger partial charge is 0.281 e. The van der Waals surface area contributed by atoms with Crippen LogP contribution in [0.15, 0.2) is 24.4 Å². The molecule has 0 radical (unpaired) electrons. The van der Waals surface area contributed by atoms with Crippen LogP contribution in [0.1, 0.15) is 70.4 Å². The molecule has 0 saturated carbocycles. The van der Waals surface area contributed by atoms with Crippen molar-refractivity contribution in [1.29, 1.82) is 0 Å². The van der Waals surface area contributed by atoms with Crippen molar-refractivity contribution < 1.29 is 37.2 Å². The lowest BCUT2D eigenvalue weighted by Gasteiger charge is -2.49. The predicted molar refractivity (Wildman–Crippen MR) is 173 cm³/mol. The summed E-state index contributed by atoms with van der Waals surface area (Å²) in [7, 11) is -1.59. The minimum Gasteiger partial charge on any atom is -0.361 e. The third-order valence-corrected chi connectivity index (χ3v) is 10.7. The molecule has 4 fully saturated rings. The molecule has 0 spiro atoms. The molecule has 0 bridgehead atoms. The van der Waals surface area contributed by atoms with Crippen molar-refractivity contribution in [3.63, 3.8) is 0 Å². The molecule has 4 N–H and O–H groups in total. The highest BCUT2D eigenvalue weighted by Crippen LogP contribution is 2.49. The summed E-state index contributed by atoms with van der Waals surface area (Å²) in [6.45, 7) is 8.73. The molecule has 2 aromatic rings. The van der Waals surface area contributed by atoms with E-state index in [2.05, 4.69) is 46.6 Å². The summed E-state index contributed by atoms with van der Waals surface area (Å²) >= 11 is 0. The first kappa shape index (κ1) is 33.8. The minimum absolute atomic E-state index is 0.116. The van der Waals surface area contributed by atoms with Crippen LogP contribution in [0.2, 0.25) is 0 Å². The number of likely N-dealkylation sites (tertiary alicyclic amines) is 1. The van der Waals surface area contributed by atoms with E-state index in [0.29, 0.717) is 38.6 Å². The van der Waals surface area contributed by atoms with Crippen LogP contribution in [0.25, 0.3) is 10.9 Å². The minimum atomic E-state index is -3.67. The first-order valence-corrected chi connectivity index (χ1v) is 18.4. The standard InChI is InChI=1S/C32H43N5O5.CH4O3S/c1-17(2)12-25-29(39)36-11-7-10-26(36)32(41)37(25)30(40)31(42-32,18(3)4)34-28(38)20-13-22-21-8-6-9-23-27(21)19(15-33-23)14-24(22)35(5)16-20;1-5(2,3)4/h6,8-9,15,17-18,20,22,24-26,33,41H,7,10-14,16H2,1-5H3,(H,34,38);1H3,(H,2,3,4)/t20-,22-,24-,25+,26+,31-,32+;/m1./s1. The fourth-order valence-corrected chi connectivity index (χ4v) is 8.63. The van der Waals surface area contributed by atoms with Crippen LogP contribution < -0.4 is 5.32 Å². The number of amides is 3. The number of aromatic amines is 1. The van der Waals surface area contributed by atoms with Gasteiger partial charge < -0.3 is 25.2 Å². The van der Waals surface area contributed by atoms with Gasteiger partial charge in [0.25, 0.3) is 21.9 Å². The number of aliphatic hydroxyl groups is 1. The Morgan fingerprint density at radius 2 is 1.91 bits per heavy atom. The van der Waals surface area contributed by atoms with Gasteiger partial charge in [-0.3, -0.25) is 28.6 Å². The molecule has 7 atom stereocenters. The lowest BCUT2D eigenvalue weighted by Crippen LogP contribution is -2.71. The number of H-pyrrole nitrogens is 1. The second-order valence-electron chi connectivity index (χ2n) is 14.7. The second kappa shape index (κ2) is 11.8. The molecular weight excluding hydrogens is 626 g/mol. The molecule has 14 heteroatoms. The van der Waals surface area contributed by atoms with E-state index in [1.165, 1.54) is 21.4 Å². The Kier molecular flexibility index (Phi) is 8.52. The second-order valence-corrected chi connectivity index (χ2v) is 16.2. The topological polar surface area (TPSA) is 173 Å². The number of ether oxygens (including phenoxy) is 1. The van der Waals surface area contributed by atoms with Crippen LogP contribution in [0.5, 0.6) is 0 Å². The Hall–Kier alpha value is -3.04. The van der Waals surface area contributed by atoms with Gasteiger partial charge in [0.2, 0.25) is 17.5 Å². The molecule has 13 nitrogen and oxygen atoms in total. The summed E-state index contributed by atoms with van der Waals surface area (Å²) < 4.78 is 32.3. The average Bonchev–Trinajstić information content (AvgIpc) is 3.68. The number of fused-ring (bicyclic) bond motifs is 5. The van der Waals surface area contributed by atoms with Crippen molar-refractivity contribution in [2.45, 2.75) is 95.5 Å². The third-order valence-electron chi connectivity index (χ3n) is 10.7. The number of nitrogens with zero attached hydrogens (tertiary/aromatic N) is 3. The van der Waals surface area contributed by atoms with Gasteiger partial charge in [-0.15, -0.1) is 0 Å². The summed E-state index contributed by atoms with van der Waals surface area (Å²) in [4.78, 5) is 50.8. The molecule has 4 aliphatic heterocycles. The number of aromatic nitrogens is 1. The largest absolute Gasteiger partial charge is 0.361 e. The quantitative estimate of drug-likeness (QED) is 0.347. The third kappa shape index (κ3) is 5.65. The molecule has 0 unspecified atom stereocenters. The number of hydrogen-bond donors (Lipinski definition) is 4. The fourth-order valence-electron chi connectivity index (χ4n) is 8.63. The molecule has 5 aliphatic rings. The number of likely N-dealkylation sites (N-methyl/N-ethyl adjacent to an activating group) is 1. The van der Waals surface area contributed by atoms with Gasteiger partial charge in [-0.1, -0.05) is 39.8 Å². The van der Waals surface area contributed by atoms with E-state index in [9.17, 15) is 27.9 Å². The molecule has 4 saturated heterocycles. The molecule has 258 valence electrons. The van der Waals surface area contributed by atoms with Gasteiger partial charge in [0.15, 0.2) is 0 Å². The highest BCUT2D eigenvalue weighted by atomic mass is 32.2. The van der Waals surface area contributed by atoms with E-state index in [-0.39, 0.29) is 35.6 Å². The maximum atomic E-state index is 14.4. The number of nitrogens with one attached hydrogen (secondary N) is 2. The predicted octanol–water partition coefficient (Wildman–Crippen LogP) is 2.02. The zero-order chi connectivity index (χ0) is 34.2. The van der Waals surface area contributed by atoms with Crippen LogP contribution in [-0.4, -0.2) is 112 Å². The maximum Gasteiger partial charge on any atom is 0.281 e. The molecule has 5 heterocycles. The monoisotopic (exact) mass is 673 g/mol. The van der Waals surface area contributed by atoms with Crippen LogP contribution >= 0.6 is 0 Å². The van der Waals surface area contributed by atoms with Crippen molar-refractivity contribution in [1.82, 2.24) is 25.0 Å². The van der Waals surface area contributed by atoms with Crippen LogP contribution in [0.4, 0.5) is 0 Å². The maximum absolute atomic E-state index is 14.4.